The number of nitrogens with one attached hydrogen (secondary N) is 1. The van der Waals surface area contributed by atoms with Gasteiger partial charge in [0.25, 0.3) is 5.91 Å². The van der Waals surface area contributed by atoms with Crippen molar-refractivity contribution >= 4 is 11.6 Å². The van der Waals surface area contributed by atoms with E-state index in [4.69, 9.17) is 5.73 Å². The number of anilines is 1. The topological polar surface area (TPSA) is 58.4 Å². The van der Waals surface area contributed by atoms with Crippen molar-refractivity contribution in [1.82, 2.24) is 10.2 Å². The van der Waals surface area contributed by atoms with Crippen molar-refractivity contribution in [2.75, 3.05) is 32.4 Å². The summed E-state index contributed by atoms with van der Waals surface area (Å²) < 4.78 is 0. The largest absolute Gasteiger partial charge is 0.399 e. The Balaban J connectivity index is 1.82. The molecule has 1 heterocycles. The highest BCUT2D eigenvalue weighted by atomic mass is 16.1. The first-order valence-corrected chi connectivity index (χ1v) is 6.47. The fraction of sp³-hybridized carbons (Fsp3) is 0.500. The van der Waals surface area contributed by atoms with Crippen LogP contribution < -0.4 is 11.1 Å². The summed E-state index contributed by atoms with van der Waals surface area (Å²) >= 11 is 0. The van der Waals surface area contributed by atoms with E-state index >= 15 is 0 Å². The Hall–Kier alpha value is -1.55. The third kappa shape index (κ3) is 3.47. The van der Waals surface area contributed by atoms with Crippen LogP contribution in [0.15, 0.2) is 24.3 Å². The van der Waals surface area contributed by atoms with Crippen LogP contribution in [0, 0.1) is 5.92 Å². The molecule has 1 atom stereocenters. The number of carbonyl (C=O) groups is 1. The minimum Gasteiger partial charge on any atom is -0.399 e. The van der Waals surface area contributed by atoms with E-state index in [-0.39, 0.29) is 5.91 Å². The number of hydrogen-bond donors (Lipinski definition) is 2. The number of carbonyl (C=O) groups excluding carboxylic acids is 1. The lowest BCUT2D eigenvalue weighted by Crippen LogP contribution is -2.39. The maximum atomic E-state index is 11.9. The number of nitrogens with two attached hydrogens (primary N) is 1. The van der Waals surface area contributed by atoms with Crippen molar-refractivity contribution in [3.8, 4) is 0 Å². The highest BCUT2D eigenvalue weighted by Gasteiger charge is 2.17. The molecule has 1 aliphatic rings. The summed E-state index contributed by atoms with van der Waals surface area (Å²) in [7, 11) is 2.13. The number of piperidine rings is 1. The van der Waals surface area contributed by atoms with E-state index in [1.165, 1.54) is 19.4 Å². The number of nitrogen functional groups attached to an aromatic ring is 1. The number of nitrogens with zero attached hydrogens (tertiary/aromatic N) is 1. The predicted octanol–water partition coefficient (Wildman–Crippen LogP) is 1.34. The Morgan fingerprint density at radius 3 is 2.83 bits per heavy atom. The first-order chi connectivity index (χ1) is 8.65. The van der Waals surface area contributed by atoms with E-state index < -0.39 is 0 Å². The van der Waals surface area contributed by atoms with Gasteiger partial charge in [-0.05, 0) is 56.6 Å². The molecule has 0 aliphatic carbocycles. The van der Waals surface area contributed by atoms with Crippen LogP contribution in [0.5, 0.6) is 0 Å². The SMILES string of the molecule is CN1CCCC(CNC(=O)c2ccc(N)cc2)C1. The third-order valence-corrected chi connectivity index (χ3v) is 3.45. The van der Waals surface area contributed by atoms with Gasteiger partial charge in [0, 0.05) is 24.3 Å². The van der Waals surface area contributed by atoms with Crippen molar-refractivity contribution < 1.29 is 4.79 Å². The number of amides is 1. The number of hydrogen-bond acceptors (Lipinski definition) is 3. The van der Waals surface area contributed by atoms with E-state index in [0.29, 0.717) is 17.2 Å². The van der Waals surface area contributed by atoms with E-state index in [0.717, 1.165) is 13.1 Å². The first kappa shape index (κ1) is 12.9. The van der Waals surface area contributed by atoms with Crippen LogP contribution in [-0.4, -0.2) is 37.5 Å². The minimum absolute atomic E-state index is 0.0109. The second-order valence-electron chi connectivity index (χ2n) is 5.10. The van der Waals surface area contributed by atoms with Crippen LogP contribution in [0.25, 0.3) is 0 Å². The Labute approximate surface area is 108 Å². The summed E-state index contributed by atoms with van der Waals surface area (Å²) in [5.74, 6) is 0.560. The Bertz CT molecular complexity index is 402. The number of benzene rings is 1. The molecule has 0 radical (unpaired) electrons. The molecule has 1 aromatic carbocycles. The van der Waals surface area contributed by atoms with Gasteiger partial charge in [-0.15, -0.1) is 0 Å². The van der Waals surface area contributed by atoms with Gasteiger partial charge in [0.15, 0.2) is 0 Å². The molecule has 1 aliphatic heterocycles. The number of likely N-dealkylation sites (tertiary alicyclic amines) is 1. The van der Waals surface area contributed by atoms with Gasteiger partial charge in [0.05, 0.1) is 0 Å². The van der Waals surface area contributed by atoms with Crippen LogP contribution in [0.3, 0.4) is 0 Å². The average molecular weight is 247 g/mol. The Kier molecular flexibility index (Phi) is 4.20. The maximum Gasteiger partial charge on any atom is 0.251 e. The summed E-state index contributed by atoms with van der Waals surface area (Å²) in [6.07, 6.45) is 2.42. The van der Waals surface area contributed by atoms with Crippen molar-refractivity contribution in [2.24, 2.45) is 5.92 Å². The molecule has 0 spiro atoms. The Morgan fingerprint density at radius 1 is 1.44 bits per heavy atom. The smallest absolute Gasteiger partial charge is 0.251 e. The summed E-state index contributed by atoms with van der Waals surface area (Å²) in [4.78, 5) is 14.2. The molecule has 1 saturated heterocycles. The van der Waals surface area contributed by atoms with Gasteiger partial charge >= 0.3 is 0 Å². The molecule has 1 fully saturated rings. The van der Waals surface area contributed by atoms with Gasteiger partial charge in [0.1, 0.15) is 0 Å². The summed E-state index contributed by atoms with van der Waals surface area (Å²) in [5.41, 5.74) is 6.95. The van der Waals surface area contributed by atoms with Gasteiger partial charge in [-0.1, -0.05) is 0 Å². The zero-order valence-corrected chi connectivity index (χ0v) is 10.9. The molecule has 3 N–H and O–H groups in total. The van der Waals surface area contributed by atoms with Gasteiger partial charge < -0.3 is 16.0 Å². The molecule has 0 aromatic heterocycles. The summed E-state index contributed by atoms with van der Waals surface area (Å²) in [5, 5.41) is 3.00. The molecule has 1 aromatic rings. The van der Waals surface area contributed by atoms with Crippen molar-refractivity contribution in [3.05, 3.63) is 29.8 Å². The van der Waals surface area contributed by atoms with E-state index in [2.05, 4.69) is 17.3 Å². The monoisotopic (exact) mass is 247 g/mol. The van der Waals surface area contributed by atoms with E-state index in [9.17, 15) is 4.79 Å². The molecule has 98 valence electrons. The second kappa shape index (κ2) is 5.87. The van der Waals surface area contributed by atoms with Crippen molar-refractivity contribution in [2.45, 2.75) is 12.8 Å². The van der Waals surface area contributed by atoms with E-state index in [1.54, 1.807) is 24.3 Å². The van der Waals surface area contributed by atoms with Crippen LogP contribution in [0.4, 0.5) is 5.69 Å². The standard InChI is InChI=1S/C14H21N3O/c1-17-8-2-3-11(10-17)9-16-14(18)12-4-6-13(15)7-5-12/h4-7,11H,2-3,8-10,15H2,1H3,(H,16,18). The van der Waals surface area contributed by atoms with Gasteiger partial charge in [-0.3, -0.25) is 4.79 Å². The quantitative estimate of drug-likeness (QED) is 0.792. The fourth-order valence-electron chi connectivity index (χ4n) is 2.41. The molecule has 4 heteroatoms. The highest BCUT2D eigenvalue weighted by molar-refractivity contribution is 5.94. The highest BCUT2D eigenvalue weighted by Crippen LogP contribution is 2.14. The van der Waals surface area contributed by atoms with Gasteiger partial charge in [-0.25, -0.2) is 0 Å². The lowest BCUT2D eigenvalue weighted by atomic mass is 9.98. The molecular weight excluding hydrogens is 226 g/mol. The predicted molar refractivity (Wildman–Crippen MR) is 73.4 cm³/mol. The summed E-state index contributed by atoms with van der Waals surface area (Å²) in [6, 6.07) is 7.03. The molecule has 2 rings (SSSR count). The summed E-state index contributed by atoms with van der Waals surface area (Å²) in [6.45, 7) is 3.00. The molecule has 18 heavy (non-hydrogen) atoms. The molecular formula is C14H21N3O. The molecule has 1 unspecified atom stereocenters. The van der Waals surface area contributed by atoms with Crippen molar-refractivity contribution in [1.29, 1.82) is 0 Å². The number of rotatable bonds is 3. The Morgan fingerprint density at radius 2 is 2.17 bits per heavy atom. The van der Waals surface area contributed by atoms with Crippen LogP contribution >= 0.6 is 0 Å². The second-order valence-corrected chi connectivity index (χ2v) is 5.10. The van der Waals surface area contributed by atoms with Crippen LogP contribution in [0.1, 0.15) is 23.2 Å². The van der Waals surface area contributed by atoms with Gasteiger partial charge in [0.2, 0.25) is 0 Å². The molecule has 1 amide bonds. The lowest BCUT2D eigenvalue weighted by Gasteiger charge is -2.29. The van der Waals surface area contributed by atoms with Crippen LogP contribution in [0.2, 0.25) is 0 Å². The van der Waals surface area contributed by atoms with Crippen LogP contribution in [-0.2, 0) is 0 Å². The maximum absolute atomic E-state index is 11.9. The molecule has 0 bridgehead atoms. The minimum atomic E-state index is -0.0109. The zero-order chi connectivity index (χ0) is 13.0. The average Bonchev–Trinajstić information content (AvgIpc) is 2.37. The lowest BCUT2D eigenvalue weighted by molar-refractivity contribution is 0.0937. The molecule has 4 nitrogen and oxygen atoms in total. The zero-order valence-electron chi connectivity index (χ0n) is 10.9. The third-order valence-electron chi connectivity index (χ3n) is 3.45. The van der Waals surface area contributed by atoms with Gasteiger partial charge in [-0.2, -0.15) is 0 Å². The van der Waals surface area contributed by atoms with Crippen molar-refractivity contribution in [3.63, 3.8) is 0 Å². The van der Waals surface area contributed by atoms with E-state index in [1.807, 2.05) is 0 Å². The first-order valence-electron chi connectivity index (χ1n) is 6.47. The fourth-order valence-corrected chi connectivity index (χ4v) is 2.41. The molecule has 0 saturated carbocycles. The normalized spacial score (nSPS) is 20.6.